The molecule has 0 saturated carbocycles. The molecular weight excluding hydrogens is 330 g/mol. The molecule has 6 nitrogen and oxygen atoms in total. The molecule has 0 saturated heterocycles. The number of hydrogen-bond acceptors (Lipinski definition) is 4. The highest BCUT2D eigenvalue weighted by molar-refractivity contribution is 5.97. The van der Waals surface area contributed by atoms with E-state index >= 15 is 0 Å². The number of benzene rings is 1. The van der Waals surface area contributed by atoms with E-state index in [1.807, 2.05) is 13.8 Å². The summed E-state index contributed by atoms with van der Waals surface area (Å²) in [5, 5.41) is 3.48. The molecule has 0 spiro atoms. The molecule has 1 aliphatic heterocycles. The molecule has 0 unspecified atom stereocenters. The maximum absolute atomic E-state index is 12.7. The second-order valence-electron chi connectivity index (χ2n) is 7.06. The molecule has 1 aromatic carbocycles. The van der Waals surface area contributed by atoms with Crippen molar-refractivity contribution in [1.29, 1.82) is 0 Å². The van der Waals surface area contributed by atoms with Gasteiger partial charge < -0.3 is 10.1 Å². The highest BCUT2D eigenvalue weighted by atomic mass is 16.5. The summed E-state index contributed by atoms with van der Waals surface area (Å²) in [6, 6.07) is 5.15. The minimum Gasteiger partial charge on any atom is -0.379 e. The van der Waals surface area contributed by atoms with Gasteiger partial charge in [0, 0.05) is 31.7 Å². The second kappa shape index (κ2) is 8.45. The van der Waals surface area contributed by atoms with E-state index in [2.05, 4.69) is 10.3 Å². The maximum atomic E-state index is 12.7. The maximum Gasteiger partial charge on any atom is 0.261 e. The number of ether oxygens (including phenoxy) is 1. The Hall–Kier alpha value is -2.21. The molecule has 1 aliphatic rings. The quantitative estimate of drug-likeness (QED) is 0.807. The van der Waals surface area contributed by atoms with Gasteiger partial charge >= 0.3 is 0 Å². The first-order valence-electron chi connectivity index (χ1n) is 9.49. The van der Waals surface area contributed by atoms with Crippen LogP contribution in [0.1, 0.15) is 55.7 Å². The Morgan fingerprint density at radius 2 is 2.15 bits per heavy atom. The molecule has 0 radical (unpaired) electrons. The van der Waals surface area contributed by atoms with Crippen molar-refractivity contribution < 1.29 is 9.53 Å². The van der Waals surface area contributed by atoms with Crippen LogP contribution in [0, 0.1) is 0 Å². The van der Waals surface area contributed by atoms with Crippen LogP contribution in [-0.4, -0.2) is 34.7 Å². The molecule has 0 bridgehead atoms. The fourth-order valence-electron chi connectivity index (χ4n) is 3.25. The van der Waals surface area contributed by atoms with E-state index in [1.165, 1.54) is 0 Å². The lowest BCUT2D eigenvalue weighted by molar-refractivity contribution is 0.0757. The van der Waals surface area contributed by atoms with E-state index in [0.29, 0.717) is 29.6 Å². The van der Waals surface area contributed by atoms with Gasteiger partial charge in [-0.25, -0.2) is 4.98 Å². The zero-order chi connectivity index (χ0) is 18.5. The number of carbonyl (C=O) groups is 1. The fourth-order valence-corrected chi connectivity index (χ4v) is 3.25. The SMILES string of the molecule is CC(C)OCCCNC(=O)c1ccc2c(=O)n3c(nc2c1)CCCCC3. The average molecular weight is 357 g/mol. The summed E-state index contributed by atoms with van der Waals surface area (Å²) in [4.78, 5) is 29.7. The number of carbonyl (C=O) groups excluding carboxylic acids is 1. The normalized spacial score (nSPS) is 14.3. The van der Waals surface area contributed by atoms with Crippen LogP contribution in [-0.2, 0) is 17.7 Å². The van der Waals surface area contributed by atoms with Gasteiger partial charge in [-0.15, -0.1) is 0 Å². The van der Waals surface area contributed by atoms with Gasteiger partial charge in [-0.05, 0) is 51.3 Å². The van der Waals surface area contributed by atoms with E-state index in [-0.39, 0.29) is 17.6 Å². The van der Waals surface area contributed by atoms with Crippen molar-refractivity contribution in [2.45, 2.75) is 58.6 Å². The van der Waals surface area contributed by atoms with Gasteiger partial charge in [-0.2, -0.15) is 0 Å². The fraction of sp³-hybridized carbons (Fsp3) is 0.550. The number of amides is 1. The topological polar surface area (TPSA) is 73.2 Å². The Labute approximate surface area is 153 Å². The van der Waals surface area contributed by atoms with Crippen LogP contribution in [0.25, 0.3) is 10.9 Å². The summed E-state index contributed by atoms with van der Waals surface area (Å²) in [5.74, 6) is 0.691. The molecule has 1 aromatic heterocycles. The molecule has 26 heavy (non-hydrogen) atoms. The third-order valence-electron chi connectivity index (χ3n) is 4.64. The number of nitrogens with zero attached hydrogens (tertiary/aromatic N) is 2. The molecule has 6 heteroatoms. The van der Waals surface area contributed by atoms with E-state index in [4.69, 9.17) is 4.74 Å². The Balaban J connectivity index is 1.74. The zero-order valence-corrected chi connectivity index (χ0v) is 15.6. The minimum absolute atomic E-state index is 0.00434. The molecule has 0 atom stereocenters. The Morgan fingerprint density at radius 1 is 1.31 bits per heavy atom. The van der Waals surface area contributed by atoms with Gasteiger partial charge in [0.25, 0.3) is 11.5 Å². The standard InChI is InChI=1S/C20H27N3O3/c1-14(2)26-12-6-10-21-19(24)15-8-9-16-17(13-15)22-18-7-4-3-5-11-23(18)20(16)25/h8-9,13-14H,3-7,10-12H2,1-2H3,(H,21,24). The molecule has 0 aliphatic carbocycles. The van der Waals surface area contributed by atoms with Gasteiger partial charge in [0.2, 0.25) is 0 Å². The van der Waals surface area contributed by atoms with Crippen molar-refractivity contribution in [2.24, 2.45) is 0 Å². The van der Waals surface area contributed by atoms with Crippen LogP contribution in [0.2, 0.25) is 0 Å². The molecule has 140 valence electrons. The van der Waals surface area contributed by atoms with E-state index in [9.17, 15) is 9.59 Å². The second-order valence-corrected chi connectivity index (χ2v) is 7.06. The summed E-state index contributed by atoms with van der Waals surface area (Å²) in [7, 11) is 0. The van der Waals surface area contributed by atoms with Crippen molar-refractivity contribution in [3.8, 4) is 0 Å². The lowest BCUT2D eigenvalue weighted by Gasteiger charge is -2.11. The predicted molar refractivity (Wildman–Crippen MR) is 102 cm³/mol. The molecule has 2 aromatic rings. The first kappa shape index (κ1) is 18.6. The molecule has 0 fully saturated rings. The predicted octanol–water partition coefficient (Wildman–Crippen LogP) is 2.67. The van der Waals surface area contributed by atoms with Gasteiger partial charge in [-0.3, -0.25) is 14.2 Å². The van der Waals surface area contributed by atoms with Crippen LogP contribution in [0.15, 0.2) is 23.0 Å². The lowest BCUT2D eigenvalue weighted by atomic mass is 10.1. The molecule has 3 rings (SSSR count). The Kier molecular flexibility index (Phi) is 6.04. The number of fused-ring (bicyclic) bond motifs is 2. The van der Waals surface area contributed by atoms with E-state index < -0.39 is 0 Å². The summed E-state index contributed by atoms with van der Waals surface area (Å²) < 4.78 is 7.26. The third-order valence-corrected chi connectivity index (χ3v) is 4.64. The van der Waals surface area contributed by atoms with Crippen molar-refractivity contribution in [3.63, 3.8) is 0 Å². The van der Waals surface area contributed by atoms with Crippen molar-refractivity contribution in [3.05, 3.63) is 39.9 Å². The number of nitrogens with one attached hydrogen (secondary N) is 1. The third kappa shape index (κ3) is 4.30. The first-order valence-corrected chi connectivity index (χ1v) is 9.49. The highest BCUT2D eigenvalue weighted by Crippen LogP contribution is 2.16. The Bertz CT molecular complexity index is 842. The first-order chi connectivity index (χ1) is 12.6. The molecule has 1 amide bonds. The molecule has 2 heterocycles. The van der Waals surface area contributed by atoms with Crippen molar-refractivity contribution in [2.75, 3.05) is 13.2 Å². The van der Waals surface area contributed by atoms with Crippen LogP contribution in [0.5, 0.6) is 0 Å². The van der Waals surface area contributed by atoms with Crippen LogP contribution in [0.3, 0.4) is 0 Å². The van der Waals surface area contributed by atoms with Gasteiger partial charge in [0.15, 0.2) is 0 Å². The largest absolute Gasteiger partial charge is 0.379 e. The van der Waals surface area contributed by atoms with E-state index in [1.54, 1.807) is 22.8 Å². The molecular formula is C20H27N3O3. The minimum atomic E-state index is -0.145. The van der Waals surface area contributed by atoms with E-state index in [0.717, 1.165) is 44.5 Å². The number of hydrogen-bond donors (Lipinski definition) is 1. The van der Waals surface area contributed by atoms with Crippen LogP contribution < -0.4 is 10.9 Å². The van der Waals surface area contributed by atoms with Crippen molar-refractivity contribution in [1.82, 2.24) is 14.9 Å². The van der Waals surface area contributed by atoms with Gasteiger partial charge in [0.05, 0.1) is 17.0 Å². The highest BCUT2D eigenvalue weighted by Gasteiger charge is 2.15. The van der Waals surface area contributed by atoms with Crippen LogP contribution >= 0.6 is 0 Å². The van der Waals surface area contributed by atoms with Crippen molar-refractivity contribution >= 4 is 16.8 Å². The lowest BCUT2D eigenvalue weighted by Crippen LogP contribution is -2.27. The molecule has 1 N–H and O–H groups in total. The summed E-state index contributed by atoms with van der Waals surface area (Å²) in [6.45, 7) is 5.90. The van der Waals surface area contributed by atoms with Gasteiger partial charge in [0.1, 0.15) is 5.82 Å². The summed E-state index contributed by atoms with van der Waals surface area (Å²) in [5.41, 5.74) is 1.15. The number of aryl methyl sites for hydroxylation is 1. The summed E-state index contributed by atoms with van der Waals surface area (Å²) in [6.07, 6.45) is 4.97. The smallest absolute Gasteiger partial charge is 0.261 e. The van der Waals surface area contributed by atoms with Gasteiger partial charge in [-0.1, -0.05) is 6.42 Å². The summed E-state index contributed by atoms with van der Waals surface area (Å²) >= 11 is 0. The Morgan fingerprint density at radius 3 is 2.96 bits per heavy atom. The van der Waals surface area contributed by atoms with Crippen LogP contribution in [0.4, 0.5) is 0 Å². The monoisotopic (exact) mass is 357 g/mol. The zero-order valence-electron chi connectivity index (χ0n) is 15.6. The number of aromatic nitrogens is 2. The average Bonchev–Trinajstić information content (AvgIpc) is 2.86. The number of rotatable bonds is 6.